The summed E-state index contributed by atoms with van der Waals surface area (Å²) < 4.78 is 0. The van der Waals surface area contributed by atoms with Gasteiger partial charge < -0.3 is 21.7 Å². The summed E-state index contributed by atoms with van der Waals surface area (Å²) in [5.41, 5.74) is 12.8. The largest absolute Gasteiger partial charge is 0.397 e. The van der Waals surface area contributed by atoms with E-state index in [1.165, 1.54) is 0 Å². The first kappa shape index (κ1) is 13.3. The molecule has 0 aromatic heterocycles. The Bertz CT molecular complexity index is 348. The van der Waals surface area contributed by atoms with Gasteiger partial charge in [0.15, 0.2) is 0 Å². The van der Waals surface area contributed by atoms with E-state index < -0.39 is 12.2 Å². The number of rotatable bonds is 4. The molecule has 0 aliphatic heterocycles. The van der Waals surface area contributed by atoms with Crippen molar-refractivity contribution >= 4 is 17.3 Å². The van der Waals surface area contributed by atoms with E-state index in [4.69, 9.17) is 23.1 Å². The molecule has 2 atom stereocenters. The van der Waals surface area contributed by atoms with Gasteiger partial charge in [0.25, 0.3) is 0 Å². The number of nitrogen functional groups attached to an aromatic ring is 1. The van der Waals surface area contributed by atoms with Crippen molar-refractivity contribution in [3.63, 3.8) is 0 Å². The monoisotopic (exact) mass is 244 g/mol. The minimum atomic E-state index is -0.986. The molecule has 2 unspecified atom stereocenters. The Morgan fingerprint density at radius 2 is 2.00 bits per heavy atom. The zero-order chi connectivity index (χ0) is 12.3. The van der Waals surface area contributed by atoms with Gasteiger partial charge in [-0.15, -0.1) is 0 Å². The number of aliphatic hydroxyl groups excluding tert-OH is 2. The summed E-state index contributed by atoms with van der Waals surface area (Å²) in [6, 6.07) is 3.28. The second kappa shape index (κ2) is 5.50. The molecule has 0 spiro atoms. The SMILES string of the molecule is Cc1cc(C(O)C(O)CCN)cc(Cl)c1N. The average Bonchev–Trinajstić information content (AvgIpc) is 2.24. The molecule has 0 saturated heterocycles. The minimum absolute atomic E-state index is 0.319. The lowest BCUT2D eigenvalue weighted by Gasteiger charge is -2.18. The van der Waals surface area contributed by atoms with Crippen molar-refractivity contribution in [3.05, 3.63) is 28.3 Å². The van der Waals surface area contributed by atoms with Gasteiger partial charge in [0, 0.05) is 0 Å². The van der Waals surface area contributed by atoms with Crippen LogP contribution in [0.2, 0.25) is 5.02 Å². The first-order chi connectivity index (χ1) is 7.47. The van der Waals surface area contributed by atoms with Crippen LogP contribution in [0, 0.1) is 6.92 Å². The molecule has 0 radical (unpaired) electrons. The van der Waals surface area contributed by atoms with Gasteiger partial charge in [-0.1, -0.05) is 17.7 Å². The summed E-state index contributed by atoms with van der Waals surface area (Å²) in [6.07, 6.45) is -1.54. The van der Waals surface area contributed by atoms with Crippen molar-refractivity contribution in [1.29, 1.82) is 0 Å². The molecule has 0 amide bonds. The van der Waals surface area contributed by atoms with Crippen LogP contribution in [0.25, 0.3) is 0 Å². The van der Waals surface area contributed by atoms with Crippen LogP contribution in [0.15, 0.2) is 12.1 Å². The second-order valence-electron chi connectivity index (χ2n) is 3.82. The third-order valence-electron chi connectivity index (χ3n) is 2.53. The second-order valence-corrected chi connectivity index (χ2v) is 4.23. The zero-order valence-electron chi connectivity index (χ0n) is 9.15. The van der Waals surface area contributed by atoms with Crippen molar-refractivity contribution in [2.45, 2.75) is 25.6 Å². The van der Waals surface area contributed by atoms with E-state index in [1.54, 1.807) is 19.1 Å². The van der Waals surface area contributed by atoms with E-state index in [-0.39, 0.29) is 0 Å². The average molecular weight is 245 g/mol. The Balaban J connectivity index is 2.96. The van der Waals surface area contributed by atoms with Crippen LogP contribution in [-0.2, 0) is 0 Å². The highest BCUT2D eigenvalue weighted by Crippen LogP contribution is 2.29. The van der Waals surface area contributed by atoms with Crippen LogP contribution in [0.3, 0.4) is 0 Å². The predicted molar refractivity (Wildman–Crippen MR) is 65.2 cm³/mol. The maximum Gasteiger partial charge on any atom is 0.105 e. The molecule has 0 heterocycles. The lowest BCUT2D eigenvalue weighted by atomic mass is 9.99. The summed E-state index contributed by atoms with van der Waals surface area (Å²) in [5, 5.41) is 19.9. The normalized spacial score (nSPS) is 14.8. The Labute approximate surface area is 99.8 Å². The highest BCUT2D eigenvalue weighted by Gasteiger charge is 2.19. The highest BCUT2D eigenvalue weighted by molar-refractivity contribution is 6.33. The van der Waals surface area contributed by atoms with Gasteiger partial charge >= 0.3 is 0 Å². The standard InChI is InChI=1S/C11H17ClN2O2/c1-6-4-7(5-8(12)10(6)14)11(16)9(15)2-3-13/h4-5,9,11,15-16H,2-3,13-14H2,1H3. The van der Waals surface area contributed by atoms with Crippen LogP contribution in [0.1, 0.15) is 23.7 Å². The molecular weight excluding hydrogens is 228 g/mol. The molecule has 0 fully saturated rings. The topological polar surface area (TPSA) is 92.5 Å². The van der Waals surface area contributed by atoms with Crippen LogP contribution >= 0.6 is 11.6 Å². The summed E-state index contributed by atoms with van der Waals surface area (Å²) >= 11 is 5.90. The van der Waals surface area contributed by atoms with Gasteiger partial charge in [0.1, 0.15) is 6.10 Å². The predicted octanol–water partition coefficient (Wildman–Crippen LogP) is 0.974. The van der Waals surface area contributed by atoms with Crippen LogP contribution in [0.5, 0.6) is 0 Å². The van der Waals surface area contributed by atoms with Gasteiger partial charge in [-0.3, -0.25) is 0 Å². The molecule has 0 aliphatic carbocycles. The van der Waals surface area contributed by atoms with E-state index in [1.807, 2.05) is 0 Å². The Kier molecular flexibility index (Phi) is 4.56. The van der Waals surface area contributed by atoms with Gasteiger partial charge in [-0.05, 0) is 37.1 Å². The van der Waals surface area contributed by atoms with Crippen molar-refractivity contribution in [2.75, 3.05) is 12.3 Å². The summed E-state index contributed by atoms with van der Waals surface area (Å²) in [6.45, 7) is 2.12. The van der Waals surface area contributed by atoms with Gasteiger partial charge in [-0.25, -0.2) is 0 Å². The van der Waals surface area contributed by atoms with Crippen LogP contribution < -0.4 is 11.5 Å². The first-order valence-corrected chi connectivity index (χ1v) is 5.47. The van der Waals surface area contributed by atoms with Crippen LogP contribution in [0.4, 0.5) is 5.69 Å². The number of halogens is 1. The number of benzene rings is 1. The quantitative estimate of drug-likeness (QED) is 0.594. The molecule has 6 N–H and O–H groups in total. The highest BCUT2D eigenvalue weighted by atomic mass is 35.5. The van der Waals surface area contributed by atoms with Crippen LogP contribution in [-0.4, -0.2) is 22.9 Å². The maximum absolute atomic E-state index is 9.85. The van der Waals surface area contributed by atoms with Gasteiger partial charge in [0.2, 0.25) is 0 Å². The molecule has 16 heavy (non-hydrogen) atoms. The summed E-state index contributed by atoms with van der Waals surface area (Å²) in [4.78, 5) is 0. The Morgan fingerprint density at radius 3 is 2.50 bits per heavy atom. The van der Waals surface area contributed by atoms with E-state index in [0.29, 0.717) is 29.2 Å². The van der Waals surface area contributed by atoms with Crippen molar-refractivity contribution in [3.8, 4) is 0 Å². The van der Waals surface area contributed by atoms with Gasteiger partial charge in [0.05, 0.1) is 16.8 Å². The van der Waals surface area contributed by atoms with Crippen molar-refractivity contribution < 1.29 is 10.2 Å². The molecule has 5 heteroatoms. The number of aryl methyl sites for hydroxylation is 1. The lowest BCUT2D eigenvalue weighted by Crippen LogP contribution is -2.22. The smallest absolute Gasteiger partial charge is 0.105 e. The molecule has 4 nitrogen and oxygen atoms in total. The Morgan fingerprint density at radius 1 is 1.38 bits per heavy atom. The lowest BCUT2D eigenvalue weighted by molar-refractivity contribution is 0.0150. The molecule has 1 aromatic rings. The van der Waals surface area contributed by atoms with E-state index >= 15 is 0 Å². The third kappa shape index (κ3) is 2.86. The zero-order valence-corrected chi connectivity index (χ0v) is 9.91. The molecule has 0 saturated carbocycles. The maximum atomic E-state index is 9.85. The number of hydrogen-bond acceptors (Lipinski definition) is 4. The number of hydrogen-bond donors (Lipinski definition) is 4. The summed E-state index contributed by atoms with van der Waals surface area (Å²) in [7, 11) is 0. The van der Waals surface area contributed by atoms with Crippen molar-refractivity contribution in [1.82, 2.24) is 0 Å². The molecular formula is C11H17ClN2O2. The summed E-state index contributed by atoms with van der Waals surface area (Å²) in [5.74, 6) is 0. The van der Waals surface area contributed by atoms with Crippen molar-refractivity contribution in [2.24, 2.45) is 5.73 Å². The molecule has 1 rings (SSSR count). The number of nitrogens with two attached hydrogens (primary N) is 2. The molecule has 0 bridgehead atoms. The fourth-order valence-electron chi connectivity index (χ4n) is 1.50. The van der Waals surface area contributed by atoms with E-state index in [9.17, 15) is 10.2 Å². The minimum Gasteiger partial charge on any atom is -0.397 e. The number of aliphatic hydroxyl groups is 2. The third-order valence-corrected chi connectivity index (χ3v) is 2.84. The fraction of sp³-hybridized carbons (Fsp3) is 0.455. The first-order valence-electron chi connectivity index (χ1n) is 5.09. The Hall–Kier alpha value is -0.810. The van der Waals surface area contributed by atoms with E-state index in [2.05, 4.69) is 0 Å². The molecule has 90 valence electrons. The number of anilines is 1. The van der Waals surface area contributed by atoms with E-state index in [0.717, 1.165) is 5.56 Å². The molecule has 0 aliphatic rings. The molecule has 1 aromatic carbocycles. The fourth-order valence-corrected chi connectivity index (χ4v) is 1.78. The van der Waals surface area contributed by atoms with Gasteiger partial charge in [-0.2, -0.15) is 0 Å².